The van der Waals surface area contributed by atoms with Crippen LogP contribution in [0, 0.1) is 0 Å². The van der Waals surface area contributed by atoms with Crippen molar-refractivity contribution in [1.29, 1.82) is 0 Å². The van der Waals surface area contributed by atoms with E-state index in [4.69, 9.17) is 34.8 Å². The van der Waals surface area contributed by atoms with Crippen molar-refractivity contribution in [2.75, 3.05) is 16.8 Å². The number of halogens is 3. The molecule has 3 aromatic carbocycles. The lowest BCUT2D eigenvalue weighted by Crippen LogP contribution is -2.34. The van der Waals surface area contributed by atoms with Crippen molar-refractivity contribution in [3.05, 3.63) is 99.1 Å². The maximum atomic E-state index is 13.5. The lowest BCUT2D eigenvalue weighted by molar-refractivity contribution is -0.120. The molecule has 0 saturated heterocycles. The summed E-state index contributed by atoms with van der Waals surface area (Å²) in [5.41, 5.74) is 2.20. The van der Waals surface area contributed by atoms with Gasteiger partial charge in [-0.25, -0.2) is 4.90 Å². The molecule has 3 aromatic rings. The fourth-order valence-electron chi connectivity index (χ4n) is 3.39. The third-order valence-corrected chi connectivity index (χ3v) is 5.47. The Kier molecular flexibility index (Phi) is 5.56. The number of likely N-dealkylation sites (N-methyl/N-ethyl adjacent to an activating group) is 1. The van der Waals surface area contributed by atoms with Crippen molar-refractivity contribution < 1.29 is 9.59 Å². The normalized spacial score (nSPS) is 13.9. The number of rotatable bonds is 4. The molecule has 0 aromatic heterocycles. The van der Waals surface area contributed by atoms with Crippen LogP contribution in [0.2, 0.25) is 15.1 Å². The molecule has 1 aliphatic heterocycles. The van der Waals surface area contributed by atoms with E-state index < -0.39 is 11.8 Å². The monoisotopic (exact) mass is 456 g/mol. The smallest absolute Gasteiger partial charge is 0.282 e. The second-order valence-electron chi connectivity index (χ2n) is 6.70. The zero-order valence-corrected chi connectivity index (χ0v) is 18.0. The van der Waals surface area contributed by atoms with Gasteiger partial charge >= 0.3 is 0 Å². The number of nitrogens with zero attached hydrogens (tertiary/aromatic N) is 2. The Labute approximate surface area is 188 Å². The topological polar surface area (TPSA) is 40.6 Å². The molecule has 150 valence electrons. The zero-order chi connectivity index (χ0) is 21.4. The molecule has 0 spiro atoms. The van der Waals surface area contributed by atoms with Gasteiger partial charge in [0, 0.05) is 27.8 Å². The lowest BCUT2D eigenvalue weighted by atomic mass is 10.0. The summed E-state index contributed by atoms with van der Waals surface area (Å²) in [4.78, 5) is 29.8. The van der Waals surface area contributed by atoms with Gasteiger partial charge in [-0.2, -0.15) is 0 Å². The molecular weight excluding hydrogens is 443 g/mol. The highest BCUT2D eigenvalue weighted by atomic mass is 35.5. The van der Waals surface area contributed by atoms with E-state index in [1.807, 2.05) is 30.3 Å². The van der Waals surface area contributed by atoms with Crippen LogP contribution in [-0.4, -0.2) is 18.9 Å². The number of hydrogen-bond donors (Lipinski definition) is 0. The Bertz CT molecular complexity index is 1150. The van der Waals surface area contributed by atoms with Crippen LogP contribution in [0.3, 0.4) is 0 Å². The van der Waals surface area contributed by atoms with Crippen LogP contribution in [0.1, 0.15) is 5.56 Å². The SMILES string of the molecule is CN(C1=C(c2ccc(Cl)cc2)C(=O)N(c2cc(Cl)cc(Cl)c2)C1=O)c1ccccc1. The minimum absolute atomic E-state index is 0.254. The molecule has 4 nitrogen and oxygen atoms in total. The highest BCUT2D eigenvalue weighted by molar-refractivity contribution is 6.47. The predicted octanol–water partition coefficient (Wildman–Crippen LogP) is 6.07. The Hall–Kier alpha value is -2.79. The van der Waals surface area contributed by atoms with Crippen LogP contribution in [0.5, 0.6) is 0 Å². The summed E-state index contributed by atoms with van der Waals surface area (Å²) in [6, 6.07) is 20.8. The van der Waals surface area contributed by atoms with E-state index in [2.05, 4.69) is 0 Å². The van der Waals surface area contributed by atoms with Crippen molar-refractivity contribution in [3.63, 3.8) is 0 Å². The molecular formula is C23H15Cl3N2O2. The second-order valence-corrected chi connectivity index (χ2v) is 8.01. The first-order valence-electron chi connectivity index (χ1n) is 9.00. The van der Waals surface area contributed by atoms with E-state index in [1.54, 1.807) is 42.3 Å². The summed E-state index contributed by atoms with van der Waals surface area (Å²) >= 11 is 18.3. The third-order valence-electron chi connectivity index (χ3n) is 4.78. The van der Waals surface area contributed by atoms with Gasteiger partial charge in [-0.3, -0.25) is 9.59 Å². The highest BCUT2D eigenvalue weighted by Gasteiger charge is 2.42. The minimum Gasteiger partial charge on any atom is -0.339 e. The maximum Gasteiger partial charge on any atom is 0.282 e. The van der Waals surface area contributed by atoms with Gasteiger partial charge in [0.05, 0.1) is 11.3 Å². The molecule has 1 heterocycles. The van der Waals surface area contributed by atoms with Crippen LogP contribution in [0.4, 0.5) is 11.4 Å². The number of para-hydroxylation sites is 1. The van der Waals surface area contributed by atoms with E-state index in [0.717, 1.165) is 10.6 Å². The van der Waals surface area contributed by atoms with Gasteiger partial charge in [0.25, 0.3) is 11.8 Å². The van der Waals surface area contributed by atoms with Gasteiger partial charge in [-0.15, -0.1) is 0 Å². The second kappa shape index (κ2) is 8.15. The Morgan fingerprint density at radius 2 is 1.33 bits per heavy atom. The fraction of sp³-hybridized carbons (Fsp3) is 0.0435. The number of anilines is 2. The molecule has 4 rings (SSSR count). The highest BCUT2D eigenvalue weighted by Crippen LogP contribution is 2.37. The molecule has 0 aliphatic carbocycles. The summed E-state index contributed by atoms with van der Waals surface area (Å²) in [7, 11) is 1.75. The first-order chi connectivity index (χ1) is 14.4. The number of imide groups is 1. The molecule has 7 heteroatoms. The fourth-order valence-corrected chi connectivity index (χ4v) is 4.03. The van der Waals surface area contributed by atoms with E-state index >= 15 is 0 Å². The predicted molar refractivity (Wildman–Crippen MR) is 122 cm³/mol. The molecule has 30 heavy (non-hydrogen) atoms. The van der Waals surface area contributed by atoms with Crippen molar-refractivity contribution >= 4 is 63.6 Å². The molecule has 0 radical (unpaired) electrons. The van der Waals surface area contributed by atoms with Gasteiger partial charge in [-0.1, -0.05) is 65.1 Å². The third kappa shape index (κ3) is 3.70. The van der Waals surface area contributed by atoms with Gasteiger partial charge < -0.3 is 4.90 Å². The van der Waals surface area contributed by atoms with Crippen molar-refractivity contribution in [1.82, 2.24) is 0 Å². The quantitative estimate of drug-likeness (QED) is 0.447. The zero-order valence-electron chi connectivity index (χ0n) is 15.8. The number of hydrogen-bond acceptors (Lipinski definition) is 3. The van der Waals surface area contributed by atoms with Crippen LogP contribution in [-0.2, 0) is 9.59 Å². The molecule has 0 bridgehead atoms. The van der Waals surface area contributed by atoms with Crippen LogP contribution in [0.25, 0.3) is 5.57 Å². The van der Waals surface area contributed by atoms with Crippen molar-refractivity contribution in [2.45, 2.75) is 0 Å². The minimum atomic E-state index is -0.463. The number of carbonyl (C=O) groups excluding carboxylic acids is 2. The Morgan fingerprint density at radius 3 is 1.93 bits per heavy atom. The Balaban J connectivity index is 1.89. The summed E-state index contributed by atoms with van der Waals surface area (Å²) in [5.74, 6) is -0.923. The average Bonchev–Trinajstić information content (AvgIpc) is 2.98. The van der Waals surface area contributed by atoms with Gasteiger partial charge in [-0.05, 0) is 48.0 Å². The van der Waals surface area contributed by atoms with Crippen molar-refractivity contribution in [3.8, 4) is 0 Å². The Morgan fingerprint density at radius 1 is 0.733 bits per heavy atom. The molecule has 0 atom stereocenters. The lowest BCUT2D eigenvalue weighted by Gasteiger charge is -2.21. The van der Waals surface area contributed by atoms with Crippen LogP contribution in [0.15, 0.2) is 78.5 Å². The maximum absolute atomic E-state index is 13.5. The van der Waals surface area contributed by atoms with E-state index in [0.29, 0.717) is 26.3 Å². The number of benzene rings is 3. The number of carbonyl (C=O) groups is 2. The molecule has 0 fully saturated rings. The standard InChI is InChI=1S/C23H15Cl3N2O2/c1-27(18-5-3-2-4-6-18)21-20(14-7-9-15(24)10-8-14)22(29)28(23(21)30)19-12-16(25)11-17(26)13-19/h2-13H,1H3. The first-order valence-corrected chi connectivity index (χ1v) is 10.1. The van der Waals surface area contributed by atoms with Crippen molar-refractivity contribution in [2.24, 2.45) is 0 Å². The summed E-state index contributed by atoms with van der Waals surface area (Å²) in [6.45, 7) is 0. The molecule has 1 aliphatic rings. The molecule has 0 unspecified atom stereocenters. The van der Waals surface area contributed by atoms with Gasteiger partial charge in [0.1, 0.15) is 5.70 Å². The van der Waals surface area contributed by atoms with E-state index in [-0.39, 0.29) is 11.3 Å². The van der Waals surface area contributed by atoms with Crippen LogP contribution < -0.4 is 9.80 Å². The summed E-state index contributed by atoms with van der Waals surface area (Å²) in [6.07, 6.45) is 0. The van der Waals surface area contributed by atoms with Crippen LogP contribution >= 0.6 is 34.8 Å². The van der Waals surface area contributed by atoms with Gasteiger partial charge in [0.2, 0.25) is 0 Å². The summed E-state index contributed by atoms with van der Waals surface area (Å²) in [5, 5.41) is 1.19. The first kappa shape index (κ1) is 20.5. The van der Waals surface area contributed by atoms with E-state index in [1.165, 1.54) is 12.1 Å². The summed E-state index contributed by atoms with van der Waals surface area (Å²) < 4.78 is 0. The largest absolute Gasteiger partial charge is 0.339 e. The average molecular weight is 458 g/mol. The molecule has 0 N–H and O–H groups in total. The van der Waals surface area contributed by atoms with Gasteiger partial charge in [0.15, 0.2) is 0 Å². The molecule has 0 saturated carbocycles. The van der Waals surface area contributed by atoms with E-state index in [9.17, 15) is 9.59 Å². The molecule has 2 amide bonds. The number of amides is 2.